The molecule has 0 unspecified atom stereocenters. The smallest absolute Gasteiger partial charge is 0.744 e. The summed E-state index contributed by atoms with van der Waals surface area (Å²) >= 11 is 0.647. The number of hydrogen-bond acceptors (Lipinski definition) is 20. The summed E-state index contributed by atoms with van der Waals surface area (Å²) < 4.78 is 77.8. The summed E-state index contributed by atoms with van der Waals surface area (Å²) in [5, 5.41) is 54.1. The fourth-order valence-corrected chi connectivity index (χ4v) is 8.83. The zero-order valence-corrected chi connectivity index (χ0v) is 45.1. The van der Waals surface area contributed by atoms with Gasteiger partial charge in [0.1, 0.15) is 48.5 Å². The van der Waals surface area contributed by atoms with E-state index in [-0.39, 0.29) is 115 Å². The molecule has 22 nitrogen and oxygen atoms in total. The maximum absolute atomic E-state index is 11.5. The van der Waals surface area contributed by atoms with Crippen molar-refractivity contribution in [1.82, 2.24) is 15.6 Å². The van der Waals surface area contributed by atoms with Gasteiger partial charge in [-0.1, -0.05) is 18.2 Å². The summed E-state index contributed by atoms with van der Waals surface area (Å²) in [6, 6.07) is 20.4. The Labute approximate surface area is 447 Å². The predicted molar refractivity (Wildman–Crippen MR) is 207 cm³/mol. The van der Waals surface area contributed by atoms with Crippen LogP contribution in [-0.2, 0) is 64.0 Å². The molecule has 1 amide bonds. The van der Waals surface area contributed by atoms with E-state index in [1.165, 1.54) is 49.7 Å². The molecule has 4 rings (SSSR count). The van der Waals surface area contributed by atoms with E-state index in [1.54, 1.807) is 36.4 Å². The number of nitrogens with one attached hydrogen (secondary N) is 4. The van der Waals surface area contributed by atoms with E-state index >= 15 is 0 Å². The maximum Gasteiger partial charge on any atom is 1.00 e. The molecule has 0 aliphatic heterocycles. The molecule has 8 N–H and O–H groups in total. The Morgan fingerprint density at radius 1 is 0.810 bits per heavy atom. The summed E-state index contributed by atoms with van der Waals surface area (Å²) in [6.07, 6.45) is 1.31. The number of carbonyl (C=O) groups excluding carboxylic acids is 2. The van der Waals surface area contributed by atoms with E-state index in [4.69, 9.17) is 26.3 Å². The second kappa shape index (κ2) is 33.4. The van der Waals surface area contributed by atoms with Crippen molar-refractivity contribution >= 4 is 79.8 Å². The third-order valence-electron chi connectivity index (χ3n) is 7.40. The molecule has 30 heteroatoms. The first-order valence-corrected chi connectivity index (χ1v) is 21.2. The molecule has 1 radical (unpaired) electrons. The second-order valence-electron chi connectivity index (χ2n) is 11.4. The summed E-state index contributed by atoms with van der Waals surface area (Å²) in [5.74, 6) is 5.09. The van der Waals surface area contributed by atoms with Gasteiger partial charge < -0.3 is 56.1 Å². The normalized spacial score (nSPS) is 10.6. The summed E-state index contributed by atoms with van der Waals surface area (Å²) in [6.45, 7) is -2.16. The van der Waals surface area contributed by atoms with E-state index in [9.17, 15) is 45.6 Å². The number of anilines is 1. The van der Waals surface area contributed by atoms with Gasteiger partial charge in [0.15, 0.2) is 0 Å². The van der Waals surface area contributed by atoms with Crippen molar-refractivity contribution in [2.75, 3.05) is 45.4 Å². The van der Waals surface area contributed by atoms with E-state index in [0.29, 0.717) is 44.2 Å². The molecular weight excluding hydrogens is 1030 g/mol. The molecule has 1 aromatic heterocycles. The van der Waals surface area contributed by atoms with Crippen LogP contribution in [0, 0.1) is 0 Å². The first kappa shape index (κ1) is 66.2. The van der Waals surface area contributed by atoms with Crippen molar-refractivity contribution in [3.8, 4) is 0 Å². The second-order valence-corrected chi connectivity index (χ2v) is 17.4. The number of aliphatic hydroxyl groups excluding tert-OH is 3. The van der Waals surface area contributed by atoms with Crippen molar-refractivity contribution in [3.05, 3.63) is 103 Å². The van der Waals surface area contributed by atoms with Crippen molar-refractivity contribution in [3.63, 3.8) is 0 Å². The van der Waals surface area contributed by atoms with E-state index < -0.39 is 87.7 Å². The topological polar surface area (TPSA) is 370 Å². The molecule has 0 bridgehead atoms. The number of carbonyl (C=O) groups is 3. The number of rotatable bonds is 18. The Kier molecular flexibility index (Phi) is 35.1. The number of methoxy groups -OCH3 is 1. The van der Waals surface area contributed by atoms with Crippen LogP contribution in [-0.4, -0.2) is 115 Å². The van der Waals surface area contributed by atoms with Gasteiger partial charge in [0.25, 0.3) is 5.91 Å². The molecule has 0 aliphatic rings. The number of esters is 1. The minimum Gasteiger partial charge on any atom is -0.744 e. The van der Waals surface area contributed by atoms with Crippen molar-refractivity contribution in [2.45, 2.75) is 20.2 Å². The predicted octanol–water partition coefficient (Wildman–Crippen LogP) is -11.0. The number of aliphatic hydroxyl groups is 3. The minimum atomic E-state index is -4.73. The molecule has 0 spiro atoms. The molecule has 0 fully saturated rings. The zero-order chi connectivity index (χ0) is 44.2. The van der Waals surface area contributed by atoms with Crippen molar-refractivity contribution < 1.29 is 189 Å². The summed E-state index contributed by atoms with van der Waals surface area (Å²) in [5.41, 5.74) is 1.09. The maximum atomic E-state index is 11.5. The van der Waals surface area contributed by atoms with Crippen LogP contribution in [0.3, 0.4) is 0 Å². The molecule has 0 saturated carbocycles. The number of aromatic nitrogens is 1. The molecule has 63 heavy (non-hydrogen) atoms. The van der Waals surface area contributed by atoms with E-state index in [2.05, 4.69) is 35.2 Å². The first-order valence-electron chi connectivity index (χ1n) is 16.1. The van der Waals surface area contributed by atoms with Gasteiger partial charge in [-0.25, -0.2) is 21.8 Å². The van der Waals surface area contributed by atoms with Gasteiger partial charge in [-0.15, -0.1) is 0 Å². The number of amides is 1. The first-order chi connectivity index (χ1) is 27.9. The van der Waals surface area contributed by atoms with Gasteiger partial charge in [-0.05, 0) is 66.7 Å². The Morgan fingerprint density at radius 2 is 1.30 bits per heavy atom. The molecular formula is C33H37N5Na3O17PS3Tc. The molecule has 1 heterocycles. The molecule has 4 aromatic rings. The summed E-state index contributed by atoms with van der Waals surface area (Å²) in [4.78, 5) is 35.7. The van der Waals surface area contributed by atoms with Crippen LogP contribution >= 0.6 is 20.0 Å². The third-order valence-corrected chi connectivity index (χ3v) is 12.3. The molecule has 0 aliphatic carbocycles. The fourth-order valence-electron chi connectivity index (χ4n) is 4.38. The van der Waals surface area contributed by atoms with Gasteiger partial charge in [0, 0.05) is 31.2 Å². The molecule has 329 valence electrons. The third kappa shape index (κ3) is 23.5. The zero-order valence-electron chi connectivity index (χ0n) is 33.8. The molecule has 3 aromatic carbocycles. The van der Waals surface area contributed by atoms with Crippen LogP contribution in [0.5, 0.6) is 0 Å². The minimum absolute atomic E-state index is 0. The van der Waals surface area contributed by atoms with Crippen LogP contribution < -0.4 is 126 Å². The number of benzene rings is 3. The van der Waals surface area contributed by atoms with E-state index in [0.717, 1.165) is 12.1 Å². The van der Waals surface area contributed by atoms with Crippen LogP contribution in [0.4, 0.5) is 5.82 Å². The van der Waals surface area contributed by atoms with Crippen molar-refractivity contribution in [1.29, 1.82) is 0 Å². The van der Waals surface area contributed by atoms with Crippen molar-refractivity contribution in [2.24, 2.45) is 0 Å². The van der Waals surface area contributed by atoms with Gasteiger partial charge in [0.05, 0.1) is 74.3 Å². The number of aliphatic carboxylic acids is 1. The number of nitrogens with zero attached hydrogens (tertiary/aromatic N) is 1. The number of hydrogen-bond donors (Lipinski definition) is 7. The van der Waals surface area contributed by atoms with Gasteiger partial charge in [-0.2, -0.15) is 4.33 Å². The van der Waals surface area contributed by atoms with E-state index in [1.807, 2.05) is 0 Å². The van der Waals surface area contributed by atoms with Crippen LogP contribution in [0.15, 0.2) is 106 Å². The Balaban J connectivity index is -0.000000952. The van der Waals surface area contributed by atoms with Gasteiger partial charge in [0.2, 0.25) is 0 Å². The Bertz CT molecular complexity index is 2160. The van der Waals surface area contributed by atoms with Gasteiger partial charge >= 0.3 is 101 Å². The fraction of sp³-hybridized carbons (Fsp3) is 0.212. The largest absolute Gasteiger partial charge is 1.00 e. The number of pyridine rings is 1. The Hall–Kier alpha value is -1.05. The number of carboxylic acids is 1. The van der Waals surface area contributed by atoms with Crippen LogP contribution in [0.2, 0.25) is 0 Å². The van der Waals surface area contributed by atoms with Crippen LogP contribution in [0.1, 0.15) is 10.4 Å². The molecule has 0 saturated heterocycles. The number of ether oxygens (including phenoxy) is 1. The number of carboxylic acid groups (broad SMARTS) is 1. The molecule has 0 atom stereocenters. The summed E-state index contributed by atoms with van der Waals surface area (Å²) in [7, 11) is -10.3. The van der Waals surface area contributed by atoms with Gasteiger partial charge in [-0.3, -0.25) is 24.7 Å². The monoisotopic (exact) mass is 1070 g/mol. The standard InChI is InChI=1S/C18H15O9PS3.C9H11N4O3.C6H13NO5.3Na.Tc/c19-26-27-29-16-7-1-4-13(10-16)28(14-5-2-8-17(11-14)30(20,21)22)15-6-3-9-18(12-15)31(23,24)25;1-16-8(14)5-12-9(15)6-2-3-7(13-10)11-4-6;8-2-6(3-9,4-10)7-1-5(11)12;;;;/h1-12,19H,(H,20,21,22)(H,23,24,25);2-4,10H,5H2,1H3,(H2,11,12,13,15);7-10H,1-4H2,(H,11,12);;;;/q;-1;;3*+1;/p-2. The van der Waals surface area contributed by atoms with Crippen LogP contribution in [0.25, 0.3) is 5.84 Å². The SMILES string of the molecule is COC(=O)CNC(=O)c1ccc(N[NH-])nc1.O=C(O)CNC(CO)(CO)CO.O=S(=O)([O-])c1cccc([PH+](c2cccc(SOO[O-])c2)c2cccc(S(=O)(=O)[O-])c2)c1.[Na+].[Na+].[Na+].[Tc]. The Morgan fingerprint density at radius 3 is 1.70 bits per heavy atom. The quantitative estimate of drug-likeness (QED) is 0.00925. The average molecular weight is 1070 g/mol. The average Bonchev–Trinajstić information content (AvgIpc) is 3.23.